The molecular formula is C22H33N3O2S. The SMILES string of the molecule is CCC1CCN(CC2CCN(c3cc(S(=O)(=O)CC)ccc3C#N)CC2)CC1. The third-order valence-electron chi connectivity index (χ3n) is 6.58. The van der Waals surface area contributed by atoms with Crippen LogP contribution in [0.5, 0.6) is 0 Å². The van der Waals surface area contributed by atoms with Gasteiger partial charge in [-0.25, -0.2) is 8.42 Å². The van der Waals surface area contributed by atoms with Crippen LogP contribution in [0.4, 0.5) is 5.69 Å². The fourth-order valence-electron chi connectivity index (χ4n) is 4.53. The number of piperidine rings is 2. The molecule has 3 rings (SSSR count). The van der Waals surface area contributed by atoms with Crippen molar-refractivity contribution in [3.63, 3.8) is 0 Å². The predicted octanol–water partition coefficient (Wildman–Crippen LogP) is 3.69. The largest absolute Gasteiger partial charge is 0.370 e. The zero-order valence-electron chi connectivity index (χ0n) is 17.2. The van der Waals surface area contributed by atoms with Gasteiger partial charge in [-0.2, -0.15) is 5.26 Å². The predicted molar refractivity (Wildman–Crippen MR) is 113 cm³/mol. The lowest BCUT2D eigenvalue weighted by Crippen LogP contribution is -2.41. The number of anilines is 1. The molecule has 2 fully saturated rings. The van der Waals surface area contributed by atoms with Crippen LogP contribution in [-0.2, 0) is 9.84 Å². The van der Waals surface area contributed by atoms with Crippen LogP contribution in [0.2, 0.25) is 0 Å². The minimum Gasteiger partial charge on any atom is -0.370 e. The highest BCUT2D eigenvalue weighted by Gasteiger charge is 2.26. The van der Waals surface area contributed by atoms with Crippen molar-refractivity contribution in [1.82, 2.24) is 4.90 Å². The Morgan fingerprint density at radius 3 is 2.25 bits per heavy atom. The Labute approximate surface area is 170 Å². The van der Waals surface area contributed by atoms with E-state index in [9.17, 15) is 13.7 Å². The van der Waals surface area contributed by atoms with E-state index in [1.165, 1.54) is 38.9 Å². The van der Waals surface area contributed by atoms with Crippen molar-refractivity contribution in [2.24, 2.45) is 11.8 Å². The lowest BCUT2D eigenvalue weighted by molar-refractivity contribution is 0.149. The van der Waals surface area contributed by atoms with E-state index in [1.807, 2.05) is 0 Å². The van der Waals surface area contributed by atoms with Crippen LogP contribution in [0.1, 0.15) is 51.5 Å². The van der Waals surface area contributed by atoms with Crippen molar-refractivity contribution >= 4 is 15.5 Å². The number of hydrogen-bond acceptors (Lipinski definition) is 5. The van der Waals surface area contributed by atoms with Gasteiger partial charge in [0, 0.05) is 19.6 Å². The van der Waals surface area contributed by atoms with Crippen LogP contribution < -0.4 is 4.90 Å². The van der Waals surface area contributed by atoms with Crippen molar-refractivity contribution in [2.45, 2.75) is 50.8 Å². The number of sulfone groups is 1. The molecule has 0 unspecified atom stereocenters. The highest BCUT2D eigenvalue weighted by molar-refractivity contribution is 7.91. The van der Waals surface area contributed by atoms with Gasteiger partial charge < -0.3 is 9.80 Å². The van der Waals surface area contributed by atoms with Gasteiger partial charge in [0.15, 0.2) is 9.84 Å². The molecule has 2 aliphatic rings. The number of benzene rings is 1. The second-order valence-electron chi connectivity index (χ2n) is 8.28. The molecule has 0 saturated carbocycles. The Bertz CT molecular complexity index is 800. The summed E-state index contributed by atoms with van der Waals surface area (Å²) in [6.07, 6.45) is 6.17. The topological polar surface area (TPSA) is 64.4 Å². The van der Waals surface area contributed by atoms with Crippen LogP contribution in [0.25, 0.3) is 0 Å². The number of nitrogens with zero attached hydrogens (tertiary/aromatic N) is 3. The molecule has 0 radical (unpaired) electrons. The molecule has 0 bridgehead atoms. The first-order valence-electron chi connectivity index (χ1n) is 10.7. The molecule has 0 atom stereocenters. The molecule has 1 aromatic carbocycles. The smallest absolute Gasteiger partial charge is 0.178 e. The molecule has 5 nitrogen and oxygen atoms in total. The van der Waals surface area contributed by atoms with E-state index in [-0.39, 0.29) is 5.75 Å². The Hall–Kier alpha value is -1.58. The number of likely N-dealkylation sites (tertiary alicyclic amines) is 1. The summed E-state index contributed by atoms with van der Waals surface area (Å²) < 4.78 is 24.5. The van der Waals surface area contributed by atoms with Crippen molar-refractivity contribution in [3.8, 4) is 6.07 Å². The van der Waals surface area contributed by atoms with E-state index in [2.05, 4.69) is 22.8 Å². The van der Waals surface area contributed by atoms with Gasteiger partial charge in [-0.3, -0.25) is 0 Å². The quantitative estimate of drug-likeness (QED) is 0.725. The summed E-state index contributed by atoms with van der Waals surface area (Å²) in [5.41, 5.74) is 1.34. The lowest BCUT2D eigenvalue weighted by atomic mass is 9.91. The molecule has 6 heteroatoms. The van der Waals surface area contributed by atoms with Gasteiger partial charge in [-0.1, -0.05) is 20.3 Å². The van der Waals surface area contributed by atoms with Crippen molar-refractivity contribution in [1.29, 1.82) is 5.26 Å². The first-order chi connectivity index (χ1) is 13.5. The Morgan fingerprint density at radius 1 is 1.04 bits per heavy atom. The molecule has 0 spiro atoms. The lowest BCUT2D eigenvalue weighted by Gasteiger charge is -2.38. The zero-order chi connectivity index (χ0) is 20.1. The third-order valence-corrected chi connectivity index (χ3v) is 8.32. The maximum atomic E-state index is 12.2. The minimum atomic E-state index is -3.26. The Balaban J connectivity index is 1.62. The van der Waals surface area contributed by atoms with Crippen LogP contribution in [0, 0.1) is 23.2 Å². The molecule has 2 aliphatic heterocycles. The maximum absolute atomic E-state index is 12.2. The molecule has 0 N–H and O–H groups in total. The van der Waals surface area contributed by atoms with E-state index in [1.54, 1.807) is 25.1 Å². The number of nitriles is 1. The van der Waals surface area contributed by atoms with Crippen molar-refractivity contribution in [2.75, 3.05) is 43.4 Å². The van der Waals surface area contributed by atoms with E-state index in [4.69, 9.17) is 0 Å². The van der Waals surface area contributed by atoms with Gasteiger partial charge in [-0.05, 0) is 68.8 Å². The van der Waals surface area contributed by atoms with E-state index >= 15 is 0 Å². The molecular weight excluding hydrogens is 370 g/mol. The molecule has 2 saturated heterocycles. The Morgan fingerprint density at radius 2 is 1.68 bits per heavy atom. The summed E-state index contributed by atoms with van der Waals surface area (Å²) in [5, 5.41) is 9.48. The number of rotatable bonds is 6. The molecule has 1 aromatic rings. The molecule has 0 aliphatic carbocycles. The molecule has 28 heavy (non-hydrogen) atoms. The monoisotopic (exact) mass is 403 g/mol. The Kier molecular flexibility index (Phi) is 7.00. The van der Waals surface area contributed by atoms with Crippen LogP contribution >= 0.6 is 0 Å². The summed E-state index contributed by atoms with van der Waals surface area (Å²) >= 11 is 0. The highest BCUT2D eigenvalue weighted by Crippen LogP contribution is 2.30. The summed E-state index contributed by atoms with van der Waals surface area (Å²) in [4.78, 5) is 5.15. The van der Waals surface area contributed by atoms with Gasteiger partial charge in [0.1, 0.15) is 6.07 Å². The molecule has 0 amide bonds. The van der Waals surface area contributed by atoms with E-state index in [0.29, 0.717) is 16.4 Å². The van der Waals surface area contributed by atoms with E-state index in [0.717, 1.165) is 37.5 Å². The van der Waals surface area contributed by atoms with Gasteiger partial charge >= 0.3 is 0 Å². The summed E-state index contributed by atoms with van der Waals surface area (Å²) in [6.45, 7) is 9.37. The fraction of sp³-hybridized carbons (Fsp3) is 0.682. The van der Waals surface area contributed by atoms with Crippen molar-refractivity contribution < 1.29 is 8.42 Å². The second-order valence-corrected chi connectivity index (χ2v) is 10.6. The summed E-state index contributed by atoms with van der Waals surface area (Å²) in [7, 11) is -3.26. The molecule has 154 valence electrons. The summed E-state index contributed by atoms with van der Waals surface area (Å²) in [6, 6.07) is 7.15. The van der Waals surface area contributed by atoms with Crippen LogP contribution in [-0.4, -0.2) is 51.8 Å². The van der Waals surface area contributed by atoms with Gasteiger partial charge in [0.05, 0.1) is 21.9 Å². The summed E-state index contributed by atoms with van der Waals surface area (Å²) in [5.74, 6) is 1.69. The first kappa shape index (κ1) is 21.1. The molecule has 0 aromatic heterocycles. The van der Waals surface area contributed by atoms with Crippen LogP contribution in [0.15, 0.2) is 23.1 Å². The minimum absolute atomic E-state index is 0.0785. The van der Waals surface area contributed by atoms with Crippen molar-refractivity contribution in [3.05, 3.63) is 23.8 Å². The average molecular weight is 404 g/mol. The fourth-order valence-corrected chi connectivity index (χ4v) is 5.43. The van der Waals surface area contributed by atoms with Gasteiger partial charge in [-0.15, -0.1) is 0 Å². The van der Waals surface area contributed by atoms with E-state index < -0.39 is 9.84 Å². The normalized spacial score (nSPS) is 20.2. The van der Waals surface area contributed by atoms with Gasteiger partial charge in [0.2, 0.25) is 0 Å². The molecule has 2 heterocycles. The first-order valence-corrected chi connectivity index (χ1v) is 12.4. The zero-order valence-corrected chi connectivity index (χ0v) is 18.0. The standard InChI is InChI=1S/C22H33N3O2S/c1-3-18-7-11-24(12-8-18)17-19-9-13-25(14-10-19)22-15-21(28(26,27)4-2)6-5-20(22)16-23/h5-6,15,18-19H,3-4,7-14,17H2,1-2H3. The average Bonchev–Trinajstić information content (AvgIpc) is 2.74. The van der Waals surface area contributed by atoms with Crippen LogP contribution in [0.3, 0.4) is 0 Å². The van der Waals surface area contributed by atoms with Gasteiger partial charge in [0.25, 0.3) is 0 Å². The highest BCUT2D eigenvalue weighted by atomic mass is 32.2. The number of hydrogen-bond donors (Lipinski definition) is 0. The maximum Gasteiger partial charge on any atom is 0.178 e. The third kappa shape index (κ3) is 4.87. The second kappa shape index (κ2) is 9.28.